The molecule has 26 heavy (non-hydrogen) atoms. The largest absolute Gasteiger partial charge is 0.298 e. The molecule has 2 aromatic heterocycles. The van der Waals surface area contributed by atoms with Crippen molar-refractivity contribution in [1.29, 1.82) is 0 Å². The number of fused-ring (bicyclic) bond motifs is 1. The predicted octanol–water partition coefficient (Wildman–Crippen LogP) is 4.15. The monoisotopic (exact) mass is 340 g/mol. The molecule has 4 aromatic rings. The van der Waals surface area contributed by atoms with Crippen LogP contribution in [0.5, 0.6) is 0 Å². The van der Waals surface area contributed by atoms with Gasteiger partial charge in [0.25, 0.3) is 5.78 Å². The van der Waals surface area contributed by atoms with E-state index < -0.39 is 0 Å². The Hall–Kier alpha value is -3.34. The van der Waals surface area contributed by atoms with Crippen LogP contribution in [0, 0.1) is 0 Å². The summed E-state index contributed by atoms with van der Waals surface area (Å²) in [5, 5.41) is 4.62. The van der Waals surface area contributed by atoms with E-state index in [-0.39, 0.29) is 0 Å². The molecule has 0 amide bonds. The summed E-state index contributed by atoms with van der Waals surface area (Å²) in [6, 6.07) is 17.6. The molecule has 0 radical (unpaired) electrons. The van der Waals surface area contributed by atoms with Gasteiger partial charge < -0.3 is 0 Å². The van der Waals surface area contributed by atoms with E-state index in [2.05, 4.69) is 22.2 Å². The van der Waals surface area contributed by atoms with Gasteiger partial charge in [0.1, 0.15) is 6.29 Å². The summed E-state index contributed by atoms with van der Waals surface area (Å²) in [5.74, 6) is 1.97. The number of benzene rings is 2. The predicted molar refractivity (Wildman–Crippen MR) is 99.0 cm³/mol. The Morgan fingerprint density at radius 3 is 2.38 bits per heavy atom. The van der Waals surface area contributed by atoms with E-state index in [1.165, 1.54) is 0 Å². The van der Waals surface area contributed by atoms with Crippen molar-refractivity contribution in [3.8, 4) is 22.4 Å². The van der Waals surface area contributed by atoms with Crippen molar-refractivity contribution >= 4 is 12.1 Å². The SMILES string of the molecule is O=Cc1ccc(-c2nc3nc(C4CC4)nn3cc2-c2ccccc2)cc1. The van der Waals surface area contributed by atoms with Gasteiger partial charge >= 0.3 is 0 Å². The highest BCUT2D eigenvalue weighted by Crippen LogP contribution is 2.38. The molecule has 0 unspecified atom stereocenters. The molecule has 1 aliphatic rings. The van der Waals surface area contributed by atoms with Crippen molar-refractivity contribution in [2.45, 2.75) is 18.8 Å². The minimum atomic E-state index is 0.479. The van der Waals surface area contributed by atoms with E-state index in [9.17, 15) is 4.79 Å². The molecule has 0 atom stereocenters. The average Bonchev–Trinajstić information content (AvgIpc) is 3.47. The third-order valence-electron chi connectivity index (χ3n) is 4.70. The van der Waals surface area contributed by atoms with Crippen LogP contribution in [-0.2, 0) is 0 Å². The second-order valence-electron chi connectivity index (χ2n) is 6.60. The zero-order chi connectivity index (χ0) is 17.5. The molecular formula is C21H16N4O. The Kier molecular flexibility index (Phi) is 3.38. The highest BCUT2D eigenvalue weighted by Gasteiger charge is 2.28. The maximum absolute atomic E-state index is 11.0. The van der Waals surface area contributed by atoms with Crippen molar-refractivity contribution in [2.24, 2.45) is 0 Å². The molecule has 5 nitrogen and oxygen atoms in total. The molecule has 1 aliphatic carbocycles. The highest BCUT2D eigenvalue weighted by atomic mass is 16.1. The molecule has 0 aliphatic heterocycles. The molecule has 5 heteroatoms. The van der Waals surface area contributed by atoms with Crippen LogP contribution in [0.4, 0.5) is 0 Å². The molecule has 126 valence electrons. The molecule has 2 aromatic carbocycles. The van der Waals surface area contributed by atoms with Crippen LogP contribution in [0.25, 0.3) is 28.2 Å². The van der Waals surface area contributed by atoms with Crippen molar-refractivity contribution in [1.82, 2.24) is 19.6 Å². The number of carbonyl (C=O) groups excluding carboxylic acids is 1. The quantitative estimate of drug-likeness (QED) is 0.524. The Bertz CT molecular complexity index is 1100. The molecule has 5 rings (SSSR count). The van der Waals surface area contributed by atoms with E-state index in [1.807, 2.05) is 48.7 Å². The Morgan fingerprint density at radius 2 is 1.69 bits per heavy atom. The summed E-state index contributed by atoms with van der Waals surface area (Å²) in [7, 11) is 0. The van der Waals surface area contributed by atoms with E-state index in [1.54, 1.807) is 4.52 Å². The van der Waals surface area contributed by atoms with Crippen LogP contribution >= 0.6 is 0 Å². The Morgan fingerprint density at radius 1 is 0.923 bits per heavy atom. The van der Waals surface area contributed by atoms with Gasteiger partial charge in [-0.1, -0.05) is 54.6 Å². The van der Waals surface area contributed by atoms with E-state index in [0.29, 0.717) is 17.3 Å². The van der Waals surface area contributed by atoms with Gasteiger partial charge in [0.2, 0.25) is 0 Å². The van der Waals surface area contributed by atoms with E-state index in [0.717, 1.165) is 47.3 Å². The van der Waals surface area contributed by atoms with Gasteiger partial charge in [-0.3, -0.25) is 4.79 Å². The van der Waals surface area contributed by atoms with E-state index in [4.69, 9.17) is 4.98 Å². The highest BCUT2D eigenvalue weighted by molar-refractivity contribution is 5.83. The van der Waals surface area contributed by atoms with Gasteiger partial charge in [-0.25, -0.2) is 9.50 Å². The lowest BCUT2D eigenvalue weighted by Crippen LogP contribution is -1.97. The Labute approximate surface area is 150 Å². The number of aldehydes is 1. The maximum atomic E-state index is 11.0. The van der Waals surface area contributed by atoms with Crippen LogP contribution in [0.1, 0.15) is 34.9 Å². The number of carbonyl (C=O) groups is 1. The van der Waals surface area contributed by atoms with Gasteiger partial charge in [0.05, 0.1) is 5.69 Å². The molecule has 0 N–H and O–H groups in total. The summed E-state index contributed by atoms with van der Waals surface area (Å²) < 4.78 is 1.78. The van der Waals surface area contributed by atoms with Crippen LogP contribution in [0.3, 0.4) is 0 Å². The number of nitrogens with zero attached hydrogens (tertiary/aromatic N) is 4. The topological polar surface area (TPSA) is 60.2 Å². The first kappa shape index (κ1) is 15.0. The molecule has 1 fully saturated rings. The lowest BCUT2D eigenvalue weighted by atomic mass is 10.0. The van der Waals surface area contributed by atoms with E-state index >= 15 is 0 Å². The number of aromatic nitrogens is 4. The molecule has 1 saturated carbocycles. The molecule has 0 spiro atoms. The van der Waals surface area contributed by atoms with Crippen molar-refractivity contribution in [3.63, 3.8) is 0 Å². The summed E-state index contributed by atoms with van der Waals surface area (Å²) in [6.45, 7) is 0. The second kappa shape index (κ2) is 5.88. The van der Waals surface area contributed by atoms with Crippen molar-refractivity contribution < 1.29 is 4.79 Å². The third-order valence-corrected chi connectivity index (χ3v) is 4.70. The first-order valence-corrected chi connectivity index (χ1v) is 8.70. The molecule has 2 heterocycles. The van der Waals surface area contributed by atoms with Gasteiger partial charge in [-0.05, 0) is 18.4 Å². The maximum Gasteiger partial charge on any atom is 0.253 e. The molecule has 0 saturated heterocycles. The first-order chi connectivity index (χ1) is 12.8. The van der Waals surface area contributed by atoms with Crippen LogP contribution in [0.2, 0.25) is 0 Å². The Balaban J connectivity index is 1.73. The lowest BCUT2D eigenvalue weighted by Gasteiger charge is -2.10. The minimum Gasteiger partial charge on any atom is -0.298 e. The fraction of sp³-hybridized carbons (Fsp3) is 0.143. The summed E-state index contributed by atoms with van der Waals surface area (Å²) in [4.78, 5) is 20.4. The number of rotatable bonds is 4. The minimum absolute atomic E-state index is 0.479. The number of hydrogen-bond donors (Lipinski definition) is 0. The average molecular weight is 340 g/mol. The molecule has 0 bridgehead atoms. The normalized spacial score (nSPS) is 13.8. The fourth-order valence-corrected chi connectivity index (χ4v) is 3.12. The van der Waals surface area contributed by atoms with Gasteiger partial charge in [0, 0.05) is 28.8 Å². The fourth-order valence-electron chi connectivity index (χ4n) is 3.12. The number of hydrogen-bond acceptors (Lipinski definition) is 4. The van der Waals surface area contributed by atoms with Gasteiger partial charge in [0.15, 0.2) is 5.82 Å². The van der Waals surface area contributed by atoms with Gasteiger partial charge in [-0.2, -0.15) is 4.98 Å². The lowest BCUT2D eigenvalue weighted by molar-refractivity contribution is 0.112. The standard InChI is InChI=1S/C21H16N4O/c26-13-14-6-8-16(9-7-14)19-18(15-4-2-1-3-5-15)12-25-21(22-19)23-20(24-25)17-10-11-17/h1-9,12-13,17H,10-11H2. The summed E-state index contributed by atoms with van der Waals surface area (Å²) >= 11 is 0. The van der Waals surface area contributed by atoms with Crippen LogP contribution in [-0.4, -0.2) is 25.9 Å². The first-order valence-electron chi connectivity index (χ1n) is 8.70. The smallest absolute Gasteiger partial charge is 0.253 e. The van der Waals surface area contributed by atoms with Crippen LogP contribution < -0.4 is 0 Å². The van der Waals surface area contributed by atoms with Crippen LogP contribution in [0.15, 0.2) is 60.8 Å². The summed E-state index contributed by atoms with van der Waals surface area (Å²) in [6.07, 6.45) is 5.16. The van der Waals surface area contributed by atoms with Crippen molar-refractivity contribution in [3.05, 3.63) is 72.2 Å². The molecular weight excluding hydrogens is 324 g/mol. The summed E-state index contributed by atoms with van der Waals surface area (Å²) in [5.41, 5.74) is 4.50. The van der Waals surface area contributed by atoms with Gasteiger partial charge in [-0.15, -0.1) is 5.10 Å². The van der Waals surface area contributed by atoms with Crippen molar-refractivity contribution in [2.75, 3.05) is 0 Å². The zero-order valence-corrected chi connectivity index (χ0v) is 14.0. The third kappa shape index (κ3) is 2.58. The second-order valence-corrected chi connectivity index (χ2v) is 6.60. The zero-order valence-electron chi connectivity index (χ0n) is 14.0.